The summed E-state index contributed by atoms with van der Waals surface area (Å²) < 4.78 is 27.6. The molecule has 0 aliphatic heterocycles. The minimum absolute atomic E-state index is 0.277. The highest BCUT2D eigenvalue weighted by molar-refractivity contribution is 5.86. The van der Waals surface area contributed by atoms with E-state index in [0.717, 1.165) is 11.6 Å². The molecule has 0 bridgehead atoms. The lowest BCUT2D eigenvalue weighted by molar-refractivity contribution is 0.195. The molecule has 3 aromatic rings. The van der Waals surface area contributed by atoms with Crippen LogP contribution in [0.15, 0.2) is 53.5 Å². The van der Waals surface area contributed by atoms with Crippen molar-refractivity contribution in [3.8, 4) is 0 Å². The van der Waals surface area contributed by atoms with Gasteiger partial charge in [0.1, 0.15) is 0 Å². The number of nitrogens with one attached hydrogen (secondary N) is 2. The molecule has 0 unspecified atom stereocenters. The molecule has 0 aliphatic carbocycles. The molecule has 3 rings (SSSR count). The molecule has 1 aromatic heterocycles. The van der Waals surface area contributed by atoms with Crippen LogP contribution in [0.1, 0.15) is 24.1 Å². The molecule has 1 heterocycles. The number of hydrogen-bond acceptors (Lipinski definition) is 2. The number of carbonyl (C=O) groups is 1. The first kappa shape index (κ1) is 19.5. The van der Waals surface area contributed by atoms with Crippen LogP contribution in [0.4, 0.5) is 13.6 Å². The van der Waals surface area contributed by atoms with Gasteiger partial charge in [-0.1, -0.05) is 36.4 Å². The third kappa shape index (κ3) is 3.88. The highest BCUT2D eigenvalue weighted by Gasteiger charge is 2.22. The summed E-state index contributed by atoms with van der Waals surface area (Å²) in [5.41, 5.74) is 0.926. The van der Waals surface area contributed by atoms with Crippen molar-refractivity contribution in [2.24, 2.45) is 0 Å². The number of pyridine rings is 1. The maximum absolute atomic E-state index is 14.1. The van der Waals surface area contributed by atoms with Crippen LogP contribution in [-0.4, -0.2) is 29.5 Å². The summed E-state index contributed by atoms with van der Waals surface area (Å²) in [6.45, 7) is 2.22. The van der Waals surface area contributed by atoms with Crippen molar-refractivity contribution in [3.63, 3.8) is 0 Å². The van der Waals surface area contributed by atoms with Crippen LogP contribution in [0.2, 0.25) is 0 Å². The monoisotopic (exact) mass is 385 g/mol. The first-order valence-electron chi connectivity index (χ1n) is 8.94. The standard InChI is InChI=1S/C21H21F2N3O2/c1-13(26(2)21(28)24-11-10-14-6-4-3-5-7-14)16-12-25-20(27)18-15(16)8-9-17(22)19(18)23/h3-9,12-13H,10-11H2,1-2H3,(H,24,28)(H,25,27)/t13-/m0/s1. The van der Waals surface area contributed by atoms with Crippen LogP contribution in [-0.2, 0) is 6.42 Å². The Labute approximate surface area is 161 Å². The predicted octanol–water partition coefficient (Wildman–Crippen LogP) is 3.75. The van der Waals surface area contributed by atoms with Crippen molar-refractivity contribution in [2.45, 2.75) is 19.4 Å². The Kier molecular flexibility index (Phi) is 5.73. The second-order valence-electron chi connectivity index (χ2n) is 6.61. The maximum atomic E-state index is 14.1. The van der Waals surface area contributed by atoms with Gasteiger partial charge in [0.2, 0.25) is 0 Å². The molecule has 0 saturated carbocycles. The molecule has 0 saturated heterocycles. The number of carbonyl (C=O) groups excluding carboxylic acids is 1. The minimum Gasteiger partial charge on any atom is -0.338 e. The average molecular weight is 385 g/mol. The third-order valence-electron chi connectivity index (χ3n) is 4.88. The number of urea groups is 1. The van der Waals surface area contributed by atoms with Crippen LogP contribution in [0.5, 0.6) is 0 Å². The summed E-state index contributed by atoms with van der Waals surface area (Å²) in [7, 11) is 1.61. The van der Waals surface area contributed by atoms with E-state index in [1.165, 1.54) is 17.2 Å². The molecule has 5 nitrogen and oxygen atoms in total. The van der Waals surface area contributed by atoms with Gasteiger partial charge in [-0.05, 0) is 35.9 Å². The molecule has 146 valence electrons. The zero-order valence-electron chi connectivity index (χ0n) is 15.6. The van der Waals surface area contributed by atoms with E-state index < -0.39 is 23.2 Å². The van der Waals surface area contributed by atoms with Gasteiger partial charge in [0, 0.05) is 19.8 Å². The highest BCUT2D eigenvalue weighted by atomic mass is 19.2. The Morgan fingerprint density at radius 1 is 1.18 bits per heavy atom. The van der Waals surface area contributed by atoms with E-state index in [4.69, 9.17) is 0 Å². The van der Waals surface area contributed by atoms with E-state index in [9.17, 15) is 18.4 Å². The van der Waals surface area contributed by atoms with E-state index in [1.807, 2.05) is 30.3 Å². The molecular weight excluding hydrogens is 364 g/mol. The van der Waals surface area contributed by atoms with Crippen molar-refractivity contribution >= 4 is 16.8 Å². The normalized spacial score (nSPS) is 12.0. The number of aromatic amines is 1. The van der Waals surface area contributed by atoms with Crippen molar-refractivity contribution < 1.29 is 13.6 Å². The van der Waals surface area contributed by atoms with Crippen LogP contribution in [0.3, 0.4) is 0 Å². The summed E-state index contributed by atoms with van der Waals surface area (Å²) in [5, 5.41) is 2.77. The zero-order valence-corrected chi connectivity index (χ0v) is 15.6. The summed E-state index contributed by atoms with van der Waals surface area (Å²) in [5.74, 6) is -2.28. The number of H-pyrrole nitrogens is 1. The summed E-state index contributed by atoms with van der Waals surface area (Å²) >= 11 is 0. The van der Waals surface area contributed by atoms with Gasteiger partial charge in [0.25, 0.3) is 5.56 Å². The second-order valence-corrected chi connectivity index (χ2v) is 6.61. The van der Waals surface area contributed by atoms with Crippen LogP contribution in [0.25, 0.3) is 10.8 Å². The molecule has 2 amide bonds. The fraction of sp³-hybridized carbons (Fsp3) is 0.238. The number of hydrogen-bond donors (Lipinski definition) is 2. The lowest BCUT2D eigenvalue weighted by atomic mass is 10.0. The van der Waals surface area contributed by atoms with Crippen LogP contribution in [0, 0.1) is 11.6 Å². The van der Waals surface area contributed by atoms with Gasteiger partial charge >= 0.3 is 6.03 Å². The predicted molar refractivity (Wildman–Crippen MR) is 104 cm³/mol. The van der Waals surface area contributed by atoms with Gasteiger partial charge in [-0.25, -0.2) is 13.6 Å². The molecule has 0 spiro atoms. The Hall–Kier alpha value is -3.22. The molecule has 2 N–H and O–H groups in total. The third-order valence-corrected chi connectivity index (χ3v) is 4.88. The van der Waals surface area contributed by atoms with Crippen molar-refractivity contribution in [2.75, 3.05) is 13.6 Å². The summed E-state index contributed by atoms with van der Waals surface area (Å²) in [6.07, 6.45) is 2.13. The second kappa shape index (κ2) is 8.21. The largest absolute Gasteiger partial charge is 0.338 e. The molecule has 2 aromatic carbocycles. The van der Waals surface area contributed by atoms with E-state index in [-0.39, 0.29) is 16.8 Å². The number of rotatable bonds is 5. The Morgan fingerprint density at radius 3 is 2.61 bits per heavy atom. The fourth-order valence-electron chi connectivity index (χ4n) is 3.12. The average Bonchev–Trinajstić information content (AvgIpc) is 2.70. The Balaban J connectivity index is 1.77. The van der Waals surface area contributed by atoms with Gasteiger partial charge in [0.15, 0.2) is 11.6 Å². The van der Waals surface area contributed by atoms with Gasteiger partial charge in [0.05, 0.1) is 11.4 Å². The molecule has 0 aliphatic rings. The zero-order chi connectivity index (χ0) is 20.3. The molecule has 0 radical (unpaired) electrons. The van der Waals surface area contributed by atoms with E-state index in [1.54, 1.807) is 14.0 Å². The van der Waals surface area contributed by atoms with Crippen LogP contribution < -0.4 is 10.9 Å². The molecule has 28 heavy (non-hydrogen) atoms. The molecule has 1 atom stereocenters. The van der Waals surface area contributed by atoms with Crippen molar-refractivity contribution in [3.05, 3.63) is 81.8 Å². The maximum Gasteiger partial charge on any atom is 0.317 e. The molecule has 7 heteroatoms. The molecule has 0 fully saturated rings. The quantitative estimate of drug-likeness (QED) is 0.703. The smallest absolute Gasteiger partial charge is 0.317 e. The summed E-state index contributed by atoms with van der Waals surface area (Å²) in [6, 6.07) is 11.3. The van der Waals surface area contributed by atoms with Crippen LogP contribution >= 0.6 is 0 Å². The Morgan fingerprint density at radius 2 is 1.89 bits per heavy atom. The number of benzene rings is 2. The Bertz CT molecular complexity index is 1050. The van der Waals surface area contributed by atoms with Crippen molar-refractivity contribution in [1.82, 2.24) is 15.2 Å². The van der Waals surface area contributed by atoms with Gasteiger partial charge < -0.3 is 15.2 Å². The van der Waals surface area contributed by atoms with Gasteiger partial charge in [-0.3, -0.25) is 4.79 Å². The number of aromatic nitrogens is 1. The van der Waals surface area contributed by atoms with Crippen molar-refractivity contribution in [1.29, 1.82) is 0 Å². The lowest BCUT2D eigenvalue weighted by Crippen LogP contribution is -2.39. The number of halogens is 2. The number of nitrogens with zero attached hydrogens (tertiary/aromatic N) is 1. The van der Waals surface area contributed by atoms with Gasteiger partial charge in [-0.15, -0.1) is 0 Å². The topological polar surface area (TPSA) is 65.2 Å². The minimum atomic E-state index is -1.19. The first-order chi connectivity index (χ1) is 13.4. The highest BCUT2D eigenvalue weighted by Crippen LogP contribution is 2.27. The first-order valence-corrected chi connectivity index (χ1v) is 8.94. The van der Waals surface area contributed by atoms with E-state index in [2.05, 4.69) is 10.3 Å². The SMILES string of the molecule is C[C@@H](c1c[nH]c(=O)c2c(F)c(F)ccc12)N(C)C(=O)NCCc1ccccc1. The summed E-state index contributed by atoms with van der Waals surface area (Å²) in [4.78, 5) is 28.3. The number of fused-ring (bicyclic) bond motifs is 1. The van der Waals surface area contributed by atoms with E-state index >= 15 is 0 Å². The van der Waals surface area contributed by atoms with Gasteiger partial charge in [-0.2, -0.15) is 0 Å². The fourth-order valence-corrected chi connectivity index (χ4v) is 3.12. The number of amides is 2. The molecular formula is C21H21F2N3O2. The van der Waals surface area contributed by atoms with E-state index in [0.29, 0.717) is 18.5 Å². The lowest BCUT2D eigenvalue weighted by Gasteiger charge is -2.26.